The van der Waals surface area contributed by atoms with Crippen molar-refractivity contribution in [2.45, 2.75) is 32.6 Å². The first-order valence-electron chi connectivity index (χ1n) is 8.10. The molecular formula is C16H19N7O. The molecular weight excluding hydrogens is 306 g/mol. The van der Waals surface area contributed by atoms with E-state index in [2.05, 4.69) is 30.2 Å². The highest BCUT2D eigenvalue weighted by molar-refractivity contribution is 5.68. The maximum Gasteiger partial charge on any atom is 0.251 e. The molecule has 1 N–H and O–H groups in total. The van der Waals surface area contributed by atoms with Crippen molar-refractivity contribution < 1.29 is 0 Å². The lowest BCUT2D eigenvalue weighted by molar-refractivity contribution is 0.499. The van der Waals surface area contributed by atoms with Crippen molar-refractivity contribution in [3.8, 4) is 0 Å². The molecule has 0 bridgehead atoms. The van der Waals surface area contributed by atoms with Crippen LogP contribution in [0.1, 0.15) is 36.0 Å². The van der Waals surface area contributed by atoms with E-state index in [1.165, 1.54) is 0 Å². The average molecular weight is 325 g/mol. The van der Waals surface area contributed by atoms with Gasteiger partial charge in [0.05, 0.1) is 17.1 Å². The van der Waals surface area contributed by atoms with Crippen LogP contribution in [-0.2, 0) is 0 Å². The summed E-state index contributed by atoms with van der Waals surface area (Å²) >= 11 is 0. The van der Waals surface area contributed by atoms with Gasteiger partial charge in [-0.2, -0.15) is 9.61 Å². The molecule has 1 atom stereocenters. The molecule has 24 heavy (non-hydrogen) atoms. The number of H-pyrrole nitrogens is 1. The molecule has 1 fully saturated rings. The number of aromatic nitrogens is 6. The van der Waals surface area contributed by atoms with E-state index in [0.717, 1.165) is 48.7 Å². The molecule has 0 spiro atoms. The monoisotopic (exact) mass is 325 g/mol. The molecule has 0 aliphatic carbocycles. The summed E-state index contributed by atoms with van der Waals surface area (Å²) in [5.74, 6) is 0.894. The Hall–Kier alpha value is -2.77. The zero-order valence-electron chi connectivity index (χ0n) is 13.7. The van der Waals surface area contributed by atoms with Gasteiger partial charge in [-0.1, -0.05) is 0 Å². The fourth-order valence-electron chi connectivity index (χ4n) is 3.41. The van der Waals surface area contributed by atoms with Crippen LogP contribution in [-0.4, -0.2) is 42.9 Å². The summed E-state index contributed by atoms with van der Waals surface area (Å²) in [5, 5.41) is 12.6. The molecule has 4 rings (SSSR count). The van der Waals surface area contributed by atoms with E-state index in [1.807, 2.05) is 19.9 Å². The van der Waals surface area contributed by atoms with Gasteiger partial charge >= 0.3 is 0 Å². The van der Waals surface area contributed by atoms with E-state index in [9.17, 15) is 4.79 Å². The first-order valence-corrected chi connectivity index (χ1v) is 8.10. The first kappa shape index (κ1) is 14.8. The summed E-state index contributed by atoms with van der Waals surface area (Å²) in [5.41, 5.74) is 3.49. The zero-order valence-corrected chi connectivity index (χ0v) is 13.7. The lowest BCUT2D eigenvalue weighted by Gasteiger charge is -2.34. The Kier molecular flexibility index (Phi) is 3.51. The third-order valence-electron chi connectivity index (χ3n) is 4.43. The Labute approximate surface area is 138 Å². The van der Waals surface area contributed by atoms with Crippen LogP contribution in [0.5, 0.6) is 0 Å². The van der Waals surface area contributed by atoms with Crippen LogP contribution < -0.4 is 10.5 Å². The summed E-state index contributed by atoms with van der Waals surface area (Å²) in [6, 6.07) is 3.66. The number of aromatic amines is 1. The van der Waals surface area contributed by atoms with Crippen LogP contribution >= 0.6 is 0 Å². The summed E-state index contributed by atoms with van der Waals surface area (Å²) < 4.78 is 1.71. The Morgan fingerprint density at radius 1 is 1.29 bits per heavy atom. The Bertz CT molecular complexity index is 945. The molecule has 3 aromatic heterocycles. The van der Waals surface area contributed by atoms with Gasteiger partial charge in [0, 0.05) is 25.1 Å². The molecule has 8 heteroatoms. The number of hydrogen-bond donors (Lipinski definition) is 1. The minimum atomic E-state index is -0.0887. The fourth-order valence-corrected chi connectivity index (χ4v) is 3.41. The summed E-state index contributed by atoms with van der Waals surface area (Å²) in [7, 11) is 0. The van der Waals surface area contributed by atoms with E-state index in [1.54, 1.807) is 16.9 Å². The van der Waals surface area contributed by atoms with Gasteiger partial charge in [-0.05, 0) is 32.8 Å². The number of hydrogen-bond acceptors (Lipinski definition) is 6. The fraction of sp³-hybridized carbons (Fsp3) is 0.438. The van der Waals surface area contributed by atoms with Crippen molar-refractivity contribution in [3.05, 3.63) is 46.0 Å². The molecule has 0 amide bonds. The zero-order chi connectivity index (χ0) is 16.7. The van der Waals surface area contributed by atoms with Crippen molar-refractivity contribution in [2.24, 2.45) is 0 Å². The molecule has 1 aliphatic rings. The number of nitrogens with zero attached hydrogens (tertiary/aromatic N) is 6. The van der Waals surface area contributed by atoms with E-state index >= 15 is 0 Å². The Morgan fingerprint density at radius 3 is 3.00 bits per heavy atom. The molecule has 0 radical (unpaired) electrons. The van der Waals surface area contributed by atoms with Crippen molar-refractivity contribution >= 4 is 11.3 Å². The molecule has 8 nitrogen and oxygen atoms in total. The second kappa shape index (κ2) is 5.70. The second-order valence-electron chi connectivity index (χ2n) is 6.31. The average Bonchev–Trinajstić information content (AvgIpc) is 3.01. The van der Waals surface area contributed by atoms with Crippen molar-refractivity contribution in [1.82, 2.24) is 29.8 Å². The van der Waals surface area contributed by atoms with Gasteiger partial charge < -0.3 is 9.88 Å². The number of fused-ring (bicyclic) bond motifs is 1. The largest absolute Gasteiger partial charge is 0.368 e. The minimum Gasteiger partial charge on any atom is -0.368 e. The number of aryl methyl sites for hydroxylation is 2. The molecule has 0 aromatic carbocycles. The summed E-state index contributed by atoms with van der Waals surface area (Å²) in [4.78, 5) is 21.3. The van der Waals surface area contributed by atoms with Crippen molar-refractivity contribution in [1.29, 1.82) is 0 Å². The lowest BCUT2D eigenvalue weighted by Crippen LogP contribution is -2.35. The van der Waals surface area contributed by atoms with Gasteiger partial charge in [0.25, 0.3) is 5.56 Å². The minimum absolute atomic E-state index is 0.0887. The summed E-state index contributed by atoms with van der Waals surface area (Å²) in [6.07, 6.45) is 3.69. The molecule has 1 saturated heterocycles. The van der Waals surface area contributed by atoms with E-state index in [4.69, 9.17) is 0 Å². The van der Waals surface area contributed by atoms with E-state index in [0.29, 0.717) is 5.82 Å². The Balaban J connectivity index is 1.69. The molecule has 0 saturated carbocycles. The van der Waals surface area contributed by atoms with Crippen LogP contribution in [0.2, 0.25) is 0 Å². The lowest BCUT2D eigenvalue weighted by atomic mass is 9.94. The Morgan fingerprint density at radius 2 is 2.17 bits per heavy atom. The predicted molar refractivity (Wildman–Crippen MR) is 89.3 cm³/mol. The van der Waals surface area contributed by atoms with Crippen LogP contribution in [0.3, 0.4) is 0 Å². The highest BCUT2D eigenvalue weighted by Crippen LogP contribution is 2.30. The maximum atomic E-state index is 11.8. The molecule has 4 heterocycles. The van der Waals surface area contributed by atoms with Gasteiger partial charge in [-0.3, -0.25) is 4.79 Å². The SMILES string of the molecule is Cc1cc(N2CCCC(c3cc(=O)[nH]c(C)n3)C2)c2nncn2n1. The number of anilines is 1. The second-order valence-corrected chi connectivity index (χ2v) is 6.31. The van der Waals surface area contributed by atoms with Crippen LogP contribution in [0.4, 0.5) is 5.69 Å². The number of rotatable bonds is 2. The van der Waals surface area contributed by atoms with E-state index in [-0.39, 0.29) is 11.5 Å². The van der Waals surface area contributed by atoms with Gasteiger partial charge in [-0.15, -0.1) is 10.2 Å². The first-order chi connectivity index (χ1) is 11.6. The van der Waals surface area contributed by atoms with Crippen molar-refractivity contribution in [3.63, 3.8) is 0 Å². The third kappa shape index (κ3) is 2.64. The standard InChI is InChI=1S/C16H19N7O/c1-10-6-14(16-20-17-9-23(16)21-10)22-5-3-4-12(8-22)13-7-15(24)19-11(2)18-13/h6-7,9,12H,3-5,8H2,1-2H3,(H,18,19,24). The maximum absolute atomic E-state index is 11.8. The normalized spacial score (nSPS) is 18.2. The number of piperidine rings is 1. The molecule has 1 aliphatic heterocycles. The summed E-state index contributed by atoms with van der Waals surface area (Å²) in [6.45, 7) is 5.54. The van der Waals surface area contributed by atoms with Crippen LogP contribution in [0.15, 0.2) is 23.3 Å². The van der Waals surface area contributed by atoms with Crippen LogP contribution in [0, 0.1) is 13.8 Å². The van der Waals surface area contributed by atoms with Gasteiger partial charge in [0.1, 0.15) is 12.2 Å². The molecule has 3 aromatic rings. The predicted octanol–water partition coefficient (Wildman–Crippen LogP) is 1.21. The van der Waals surface area contributed by atoms with Gasteiger partial charge in [0.2, 0.25) is 5.65 Å². The quantitative estimate of drug-likeness (QED) is 0.761. The highest BCUT2D eigenvalue weighted by atomic mass is 16.1. The highest BCUT2D eigenvalue weighted by Gasteiger charge is 2.25. The van der Waals surface area contributed by atoms with Gasteiger partial charge in [-0.25, -0.2) is 4.98 Å². The van der Waals surface area contributed by atoms with Crippen molar-refractivity contribution in [2.75, 3.05) is 18.0 Å². The topological polar surface area (TPSA) is 92.1 Å². The smallest absolute Gasteiger partial charge is 0.251 e. The third-order valence-corrected chi connectivity index (χ3v) is 4.43. The molecule has 124 valence electrons. The van der Waals surface area contributed by atoms with Gasteiger partial charge in [0.15, 0.2) is 0 Å². The van der Waals surface area contributed by atoms with Crippen LogP contribution in [0.25, 0.3) is 5.65 Å². The number of nitrogens with one attached hydrogen (secondary N) is 1. The van der Waals surface area contributed by atoms with E-state index < -0.39 is 0 Å². The molecule has 1 unspecified atom stereocenters.